The Morgan fingerprint density at radius 3 is 1.88 bits per heavy atom. The molecular formula is C22H22OS. The first-order valence-corrected chi connectivity index (χ1v) is 9.50. The molecule has 0 atom stereocenters. The summed E-state index contributed by atoms with van der Waals surface area (Å²) in [7, 11) is 0. The second-order valence-electron chi connectivity index (χ2n) is 6.17. The summed E-state index contributed by atoms with van der Waals surface area (Å²) >= 11 is 1.81. The van der Waals surface area contributed by atoms with E-state index >= 15 is 0 Å². The second kappa shape index (κ2) is 7.67. The van der Waals surface area contributed by atoms with Gasteiger partial charge in [0.1, 0.15) is 0 Å². The van der Waals surface area contributed by atoms with Crippen molar-refractivity contribution in [1.29, 1.82) is 0 Å². The lowest BCUT2D eigenvalue weighted by molar-refractivity contribution is -0.112. The molecule has 0 unspecified atom stereocenters. The van der Waals surface area contributed by atoms with Crippen molar-refractivity contribution in [2.45, 2.75) is 20.3 Å². The normalized spacial score (nSPS) is 18.3. The van der Waals surface area contributed by atoms with E-state index in [2.05, 4.69) is 62.4 Å². The van der Waals surface area contributed by atoms with Crippen LogP contribution in [0.5, 0.6) is 0 Å². The lowest BCUT2D eigenvalue weighted by Crippen LogP contribution is -2.16. The summed E-state index contributed by atoms with van der Waals surface area (Å²) in [6.45, 7) is 4.22. The van der Waals surface area contributed by atoms with Crippen LogP contribution in [-0.4, -0.2) is 17.3 Å². The van der Waals surface area contributed by atoms with E-state index in [1.807, 2.05) is 12.2 Å². The molecule has 0 spiro atoms. The fourth-order valence-corrected chi connectivity index (χ4v) is 3.71. The smallest absolute Gasteiger partial charge is 0.186 e. The molecule has 1 heterocycles. The van der Waals surface area contributed by atoms with Gasteiger partial charge in [-0.05, 0) is 42.2 Å². The van der Waals surface area contributed by atoms with Crippen LogP contribution in [0.25, 0.3) is 12.2 Å². The minimum Gasteiger partial charge on any atom is -0.289 e. The lowest BCUT2D eigenvalue weighted by Gasteiger charge is -2.16. The number of hydrogen-bond acceptors (Lipinski definition) is 2. The number of carbonyl (C=O) groups is 1. The van der Waals surface area contributed by atoms with E-state index < -0.39 is 0 Å². The zero-order chi connectivity index (χ0) is 16.9. The van der Waals surface area contributed by atoms with Gasteiger partial charge in [0, 0.05) is 22.7 Å². The molecule has 2 aromatic rings. The molecule has 0 saturated carbocycles. The molecule has 3 rings (SSSR count). The largest absolute Gasteiger partial charge is 0.289 e. The number of aryl methyl sites for hydroxylation is 2. The monoisotopic (exact) mass is 334 g/mol. The number of rotatable bonds is 3. The van der Waals surface area contributed by atoms with Gasteiger partial charge in [-0.1, -0.05) is 61.0 Å². The molecule has 0 radical (unpaired) electrons. The number of benzene rings is 2. The number of ketones is 1. The summed E-state index contributed by atoms with van der Waals surface area (Å²) in [6.07, 6.45) is 5.11. The molecule has 1 fully saturated rings. The van der Waals surface area contributed by atoms with Gasteiger partial charge < -0.3 is 0 Å². The van der Waals surface area contributed by atoms with Crippen molar-refractivity contribution in [3.05, 3.63) is 81.9 Å². The second-order valence-corrected chi connectivity index (χ2v) is 7.15. The van der Waals surface area contributed by atoms with Gasteiger partial charge in [-0.25, -0.2) is 0 Å². The maximum absolute atomic E-state index is 12.8. The van der Waals surface area contributed by atoms with Gasteiger partial charge in [0.2, 0.25) is 0 Å². The molecule has 1 nitrogen and oxygen atoms in total. The Bertz CT molecular complexity index is 780. The van der Waals surface area contributed by atoms with Crippen molar-refractivity contribution in [2.75, 3.05) is 11.5 Å². The van der Waals surface area contributed by atoms with Crippen LogP contribution in [-0.2, 0) is 11.2 Å². The maximum Gasteiger partial charge on any atom is 0.186 e. The van der Waals surface area contributed by atoms with Crippen LogP contribution in [0.4, 0.5) is 0 Å². The maximum atomic E-state index is 12.8. The van der Waals surface area contributed by atoms with E-state index in [0.29, 0.717) is 0 Å². The van der Waals surface area contributed by atoms with E-state index in [4.69, 9.17) is 0 Å². The minimum atomic E-state index is 0.189. The Hall–Kier alpha value is -2.06. The van der Waals surface area contributed by atoms with Crippen LogP contribution in [0, 0.1) is 6.92 Å². The van der Waals surface area contributed by atoms with Gasteiger partial charge in [-0.2, -0.15) is 11.8 Å². The molecule has 1 saturated heterocycles. The van der Waals surface area contributed by atoms with E-state index in [1.54, 1.807) is 11.8 Å². The standard InChI is InChI=1S/C22H22OS/c1-3-17-8-10-19(11-9-17)13-21-15-24-14-20(22(21)23)12-18-6-4-16(2)5-7-18/h4-13H,3,14-15H2,1-2H3/b20-12+,21-13+. The molecule has 24 heavy (non-hydrogen) atoms. The Morgan fingerprint density at radius 1 is 0.875 bits per heavy atom. The topological polar surface area (TPSA) is 17.1 Å². The highest BCUT2D eigenvalue weighted by molar-refractivity contribution is 7.99. The molecule has 1 aliphatic heterocycles. The first kappa shape index (κ1) is 16.8. The quantitative estimate of drug-likeness (QED) is 0.705. The molecule has 0 bridgehead atoms. The molecule has 2 heteroatoms. The molecule has 0 amide bonds. The fraction of sp³-hybridized carbons (Fsp3) is 0.227. The molecule has 122 valence electrons. The fourth-order valence-electron chi connectivity index (χ4n) is 2.74. The number of Topliss-reactive ketones (excluding diaryl/α,β-unsaturated/α-hetero) is 1. The Balaban J connectivity index is 1.83. The van der Waals surface area contributed by atoms with Crippen molar-refractivity contribution >= 4 is 29.7 Å². The summed E-state index contributed by atoms with van der Waals surface area (Å²) in [6, 6.07) is 16.8. The van der Waals surface area contributed by atoms with Gasteiger partial charge in [-0.15, -0.1) is 0 Å². The van der Waals surface area contributed by atoms with Gasteiger partial charge >= 0.3 is 0 Å². The minimum absolute atomic E-state index is 0.189. The van der Waals surface area contributed by atoms with E-state index in [-0.39, 0.29) is 5.78 Å². The molecule has 2 aromatic carbocycles. The van der Waals surface area contributed by atoms with E-state index in [0.717, 1.165) is 40.2 Å². The van der Waals surface area contributed by atoms with Gasteiger partial charge in [0.25, 0.3) is 0 Å². The summed E-state index contributed by atoms with van der Waals surface area (Å²) in [5.74, 6) is 1.77. The van der Waals surface area contributed by atoms with Crippen molar-refractivity contribution < 1.29 is 4.79 Å². The van der Waals surface area contributed by atoms with Crippen LogP contribution >= 0.6 is 11.8 Å². The number of thioether (sulfide) groups is 1. The van der Waals surface area contributed by atoms with Crippen LogP contribution in [0.2, 0.25) is 0 Å². The zero-order valence-corrected chi connectivity index (χ0v) is 15.0. The third-order valence-corrected chi connectivity index (χ3v) is 5.28. The Kier molecular flexibility index (Phi) is 5.37. The summed E-state index contributed by atoms with van der Waals surface area (Å²) in [4.78, 5) is 12.8. The third kappa shape index (κ3) is 4.07. The average Bonchev–Trinajstić information content (AvgIpc) is 2.61. The van der Waals surface area contributed by atoms with Crippen LogP contribution in [0.15, 0.2) is 59.7 Å². The zero-order valence-electron chi connectivity index (χ0n) is 14.2. The van der Waals surface area contributed by atoms with E-state index in [9.17, 15) is 4.79 Å². The predicted octanol–water partition coefficient (Wildman–Crippen LogP) is 5.34. The highest BCUT2D eigenvalue weighted by Crippen LogP contribution is 2.27. The van der Waals surface area contributed by atoms with Crippen molar-refractivity contribution in [2.24, 2.45) is 0 Å². The number of carbonyl (C=O) groups excluding carboxylic acids is 1. The molecular weight excluding hydrogens is 312 g/mol. The van der Waals surface area contributed by atoms with Gasteiger partial charge in [0.05, 0.1) is 0 Å². The molecule has 0 N–H and O–H groups in total. The van der Waals surface area contributed by atoms with E-state index in [1.165, 1.54) is 11.1 Å². The third-order valence-electron chi connectivity index (χ3n) is 4.25. The highest BCUT2D eigenvalue weighted by atomic mass is 32.2. The summed E-state index contributed by atoms with van der Waals surface area (Å²) in [5, 5.41) is 0. The summed E-state index contributed by atoms with van der Waals surface area (Å²) < 4.78 is 0. The van der Waals surface area contributed by atoms with Crippen LogP contribution in [0.1, 0.15) is 29.2 Å². The van der Waals surface area contributed by atoms with Crippen molar-refractivity contribution in [1.82, 2.24) is 0 Å². The van der Waals surface area contributed by atoms with Gasteiger partial charge in [0.15, 0.2) is 5.78 Å². The lowest BCUT2D eigenvalue weighted by atomic mass is 10.00. The molecule has 0 aliphatic carbocycles. The summed E-state index contributed by atoms with van der Waals surface area (Å²) in [5.41, 5.74) is 6.55. The Morgan fingerprint density at radius 2 is 1.38 bits per heavy atom. The first-order chi connectivity index (χ1) is 11.7. The molecule has 1 aliphatic rings. The first-order valence-electron chi connectivity index (χ1n) is 8.35. The predicted molar refractivity (Wildman–Crippen MR) is 105 cm³/mol. The van der Waals surface area contributed by atoms with Crippen LogP contribution < -0.4 is 0 Å². The van der Waals surface area contributed by atoms with Crippen molar-refractivity contribution in [3.63, 3.8) is 0 Å². The Labute approximate surface area is 148 Å². The number of hydrogen-bond donors (Lipinski definition) is 0. The van der Waals surface area contributed by atoms with Crippen molar-refractivity contribution in [3.8, 4) is 0 Å². The highest BCUT2D eigenvalue weighted by Gasteiger charge is 2.20. The SMILES string of the molecule is CCc1ccc(/C=C2\CSC/C(=C\c3ccc(C)cc3)C2=O)cc1. The average molecular weight is 334 g/mol. The van der Waals surface area contributed by atoms with Crippen LogP contribution in [0.3, 0.4) is 0 Å². The molecule has 0 aromatic heterocycles. The van der Waals surface area contributed by atoms with Gasteiger partial charge in [-0.3, -0.25) is 4.79 Å².